The molecule has 1 unspecified atom stereocenters. The summed E-state index contributed by atoms with van der Waals surface area (Å²) in [5.74, 6) is 0.461. The number of pyridine rings is 1. The Bertz CT molecular complexity index is 1210. The summed E-state index contributed by atoms with van der Waals surface area (Å²) in [7, 11) is 0. The third-order valence-electron chi connectivity index (χ3n) is 6.32. The number of carbonyl (C=O) groups excluding carboxylic acids is 2. The Morgan fingerprint density at radius 2 is 1.66 bits per heavy atom. The number of nitrogens with zero attached hydrogens (tertiary/aromatic N) is 3. The number of piperidine rings is 1. The highest BCUT2D eigenvalue weighted by Crippen LogP contribution is 2.29. The average molecular weight is 469 g/mol. The summed E-state index contributed by atoms with van der Waals surface area (Å²) < 4.78 is 5.45. The highest BCUT2D eigenvalue weighted by Gasteiger charge is 2.34. The topological polar surface area (TPSA) is 74.8 Å². The fourth-order valence-corrected chi connectivity index (χ4v) is 4.48. The number of rotatable bonds is 4. The zero-order valence-electron chi connectivity index (χ0n) is 19.5. The molecule has 2 aliphatic heterocycles. The maximum atomic E-state index is 13.6. The fraction of sp³-hybridized carbons (Fsp3) is 0.250. The normalized spacial score (nSPS) is 19.6. The molecule has 178 valence electrons. The summed E-state index contributed by atoms with van der Waals surface area (Å²) in [6, 6.07) is 24.6. The number of nitrogens with one attached hydrogen (secondary N) is 1. The molecule has 2 fully saturated rings. The van der Waals surface area contributed by atoms with Gasteiger partial charge in [0.25, 0.3) is 0 Å². The molecule has 7 nitrogen and oxygen atoms in total. The number of hydrogen-bond acceptors (Lipinski definition) is 5. The SMILES string of the molecule is O=C1/C(=C\c2cccc(N3CCOCC3)n2)CN(C(=O)Nc2ccccc2)CC1c1ccccc1. The summed E-state index contributed by atoms with van der Waals surface area (Å²) in [5, 5.41) is 2.95. The summed E-state index contributed by atoms with van der Waals surface area (Å²) in [6.07, 6.45) is 1.82. The van der Waals surface area contributed by atoms with Crippen LogP contribution < -0.4 is 10.2 Å². The van der Waals surface area contributed by atoms with Gasteiger partial charge in [-0.1, -0.05) is 54.6 Å². The molecule has 0 aliphatic carbocycles. The molecule has 1 atom stereocenters. The smallest absolute Gasteiger partial charge is 0.322 e. The van der Waals surface area contributed by atoms with Crippen LogP contribution >= 0.6 is 0 Å². The quantitative estimate of drug-likeness (QED) is 0.581. The summed E-state index contributed by atoms with van der Waals surface area (Å²) in [4.78, 5) is 35.4. The molecule has 2 aromatic carbocycles. The van der Waals surface area contributed by atoms with Crippen LogP contribution in [0, 0.1) is 0 Å². The van der Waals surface area contributed by atoms with E-state index in [4.69, 9.17) is 9.72 Å². The number of hydrogen-bond donors (Lipinski definition) is 1. The molecule has 0 saturated carbocycles. The van der Waals surface area contributed by atoms with Gasteiger partial charge in [0.15, 0.2) is 5.78 Å². The fourth-order valence-electron chi connectivity index (χ4n) is 4.48. The maximum Gasteiger partial charge on any atom is 0.322 e. The Morgan fingerprint density at radius 3 is 2.40 bits per heavy atom. The van der Waals surface area contributed by atoms with Crippen LogP contribution in [0.15, 0.2) is 84.4 Å². The molecular formula is C28H28N4O3. The van der Waals surface area contributed by atoms with Gasteiger partial charge in [0.2, 0.25) is 0 Å². The molecule has 3 heterocycles. The van der Waals surface area contributed by atoms with Gasteiger partial charge in [-0.25, -0.2) is 9.78 Å². The predicted octanol–water partition coefficient (Wildman–Crippen LogP) is 4.20. The molecular weight excluding hydrogens is 440 g/mol. The molecule has 0 radical (unpaired) electrons. The molecule has 0 bridgehead atoms. The molecule has 2 aliphatic rings. The first-order valence-electron chi connectivity index (χ1n) is 11.9. The minimum absolute atomic E-state index is 0.0264. The van der Waals surface area contributed by atoms with Crippen LogP contribution in [0.2, 0.25) is 0 Å². The van der Waals surface area contributed by atoms with Crippen molar-refractivity contribution in [1.82, 2.24) is 9.88 Å². The van der Waals surface area contributed by atoms with E-state index in [2.05, 4.69) is 10.2 Å². The third-order valence-corrected chi connectivity index (χ3v) is 6.32. The van der Waals surface area contributed by atoms with Crippen molar-refractivity contribution in [3.8, 4) is 0 Å². The molecule has 35 heavy (non-hydrogen) atoms. The monoisotopic (exact) mass is 468 g/mol. The molecule has 2 saturated heterocycles. The first-order valence-corrected chi connectivity index (χ1v) is 11.9. The number of morpholine rings is 1. The van der Waals surface area contributed by atoms with Crippen LogP contribution in [0.25, 0.3) is 6.08 Å². The van der Waals surface area contributed by atoms with Crippen molar-refractivity contribution in [2.75, 3.05) is 49.6 Å². The van der Waals surface area contributed by atoms with Gasteiger partial charge in [-0.15, -0.1) is 0 Å². The molecule has 1 aromatic heterocycles. The van der Waals surface area contributed by atoms with Crippen LogP contribution in [0.3, 0.4) is 0 Å². The Labute approximate surface area is 205 Å². The van der Waals surface area contributed by atoms with Gasteiger partial charge in [-0.05, 0) is 35.9 Å². The lowest BCUT2D eigenvalue weighted by Gasteiger charge is -2.33. The summed E-state index contributed by atoms with van der Waals surface area (Å²) in [6.45, 7) is 3.47. The van der Waals surface area contributed by atoms with E-state index >= 15 is 0 Å². The third kappa shape index (κ3) is 5.41. The van der Waals surface area contributed by atoms with Crippen LogP contribution in [-0.4, -0.2) is 61.1 Å². The van der Waals surface area contributed by atoms with E-state index in [0.717, 1.165) is 30.2 Å². The number of ether oxygens (including phenoxy) is 1. The molecule has 0 spiro atoms. The number of urea groups is 1. The first kappa shape index (κ1) is 22.8. The van der Waals surface area contributed by atoms with Crippen molar-refractivity contribution < 1.29 is 14.3 Å². The molecule has 5 rings (SSSR count). The number of Topliss-reactive ketones (excluding diaryl/α,β-unsaturated/α-hetero) is 1. The van der Waals surface area contributed by atoms with E-state index in [1.807, 2.05) is 84.9 Å². The summed E-state index contributed by atoms with van der Waals surface area (Å²) >= 11 is 0. The lowest BCUT2D eigenvalue weighted by molar-refractivity contribution is -0.118. The second-order valence-corrected chi connectivity index (χ2v) is 8.69. The van der Waals surface area contributed by atoms with Gasteiger partial charge >= 0.3 is 6.03 Å². The summed E-state index contributed by atoms with van der Waals surface area (Å²) in [5.41, 5.74) is 2.89. The van der Waals surface area contributed by atoms with Crippen molar-refractivity contribution in [3.63, 3.8) is 0 Å². The Hall–Kier alpha value is -3.97. The number of carbonyl (C=O) groups is 2. The van der Waals surface area contributed by atoms with Crippen LogP contribution in [0.1, 0.15) is 17.2 Å². The Morgan fingerprint density at radius 1 is 0.943 bits per heavy atom. The Balaban J connectivity index is 1.43. The molecule has 7 heteroatoms. The first-order chi connectivity index (χ1) is 17.2. The van der Waals surface area contributed by atoms with E-state index in [9.17, 15) is 9.59 Å². The maximum absolute atomic E-state index is 13.6. The number of para-hydroxylation sites is 1. The number of benzene rings is 2. The van der Waals surface area contributed by atoms with Crippen molar-refractivity contribution in [1.29, 1.82) is 0 Å². The predicted molar refractivity (Wildman–Crippen MR) is 136 cm³/mol. The Kier molecular flexibility index (Phi) is 6.86. The van der Waals surface area contributed by atoms with Gasteiger partial charge < -0.3 is 19.9 Å². The van der Waals surface area contributed by atoms with E-state index < -0.39 is 5.92 Å². The molecule has 2 amide bonds. The van der Waals surface area contributed by atoms with Gasteiger partial charge in [0, 0.05) is 30.9 Å². The van der Waals surface area contributed by atoms with E-state index in [1.165, 1.54) is 0 Å². The van der Waals surface area contributed by atoms with E-state index in [1.54, 1.807) is 4.90 Å². The minimum atomic E-state index is -0.430. The highest BCUT2D eigenvalue weighted by atomic mass is 16.5. The largest absolute Gasteiger partial charge is 0.378 e. The number of likely N-dealkylation sites (tertiary alicyclic amines) is 1. The van der Waals surface area contributed by atoms with Crippen LogP contribution in [-0.2, 0) is 9.53 Å². The zero-order chi connectivity index (χ0) is 24.0. The van der Waals surface area contributed by atoms with Crippen molar-refractivity contribution >= 4 is 29.4 Å². The minimum Gasteiger partial charge on any atom is -0.378 e. The van der Waals surface area contributed by atoms with Crippen molar-refractivity contribution in [3.05, 3.63) is 95.7 Å². The number of ketones is 1. The van der Waals surface area contributed by atoms with Gasteiger partial charge in [-0.2, -0.15) is 0 Å². The van der Waals surface area contributed by atoms with Gasteiger partial charge in [0.1, 0.15) is 5.82 Å². The van der Waals surface area contributed by atoms with Crippen LogP contribution in [0.5, 0.6) is 0 Å². The number of anilines is 2. The van der Waals surface area contributed by atoms with Crippen LogP contribution in [0.4, 0.5) is 16.3 Å². The van der Waals surface area contributed by atoms with Gasteiger partial charge in [0.05, 0.1) is 31.4 Å². The standard InChI is InChI=1S/C28H28N4O3/c33-27-22(18-24-12-7-13-26(29-24)31-14-16-35-17-15-31)19-32(20-25(27)21-8-3-1-4-9-21)28(34)30-23-10-5-2-6-11-23/h1-13,18,25H,14-17,19-20H2,(H,30,34)/b22-18-. The van der Waals surface area contributed by atoms with E-state index in [0.29, 0.717) is 31.0 Å². The number of amides is 2. The zero-order valence-corrected chi connectivity index (χ0v) is 19.5. The van der Waals surface area contributed by atoms with E-state index in [-0.39, 0.29) is 18.4 Å². The molecule has 1 N–H and O–H groups in total. The lowest BCUT2D eigenvalue weighted by atomic mass is 9.86. The van der Waals surface area contributed by atoms with Crippen molar-refractivity contribution in [2.45, 2.75) is 5.92 Å². The molecule has 3 aromatic rings. The second-order valence-electron chi connectivity index (χ2n) is 8.69. The highest BCUT2D eigenvalue weighted by molar-refractivity contribution is 6.06. The van der Waals surface area contributed by atoms with Gasteiger partial charge in [-0.3, -0.25) is 4.79 Å². The number of aromatic nitrogens is 1. The second kappa shape index (κ2) is 10.5. The average Bonchev–Trinajstić information content (AvgIpc) is 2.91. The van der Waals surface area contributed by atoms with Crippen molar-refractivity contribution in [2.24, 2.45) is 0 Å². The lowest BCUT2D eigenvalue weighted by Crippen LogP contribution is -2.46.